The summed E-state index contributed by atoms with van der Waals surface area (Å²) in [7, 11) is 0. The van der Waals surface area contributed by atoms with E-state index in [1.165, 1.54) is 0 Å². The number of rotatable bonds is 11. The first-order valence-corrected chi connectivity index (χ1v) is 8.94. The van der Waals surface area contributed by atoms with Crippen molar-refractivity contribution in [1.82, 2.24) is 0 Å². The number of benzene rings is 1. The molecule has 0 aromatic heterocycles. The number of carbonyl (C=O) groups is 1. The Morgan fingerprint density at radius 3 is 1.15 bits per heavy atom. The lowest BCUT2D eigenvalue weighted by molar-refractivity contribution is -0.469. The Hall–Kier alpha value is -2.84. The third kappa shape index (κ3) is 4.86. The van der Waals surface area contributed by atoms with Gasteiger partial charge in [0.2, 0.25) is 0 Å². The summed E-state index contributed by atoms with van der Waals surface area (Å²) in [5, 5.41) is 8.59. The third-order valence-corrected chi connectivity index (χ3v) is 4.70. The standard InChI is InChI=1S/C17H7F19O3/c18-9(19,5-39-7-3-1-6(2-4-7)8(37)38)10(20,21)11(22,23)12(24,25)13(26,27)14(28,29)15(30,31)16(32,33)17(34,35)36/h1-4H,5H2,(H,37,38). The summed E-state index contributed by atoms with van der Waals surface area (Å²) in [6, 6.07) is 1.77. The zero-order chi connectivity index (χ0) is 31.5. The van der Waals surface area contributed by atoms with E-state index in [0.29, 0.717) is 24.3 Å². The molecule has 0 aliphatic carbocycles. The van der Waals surface area contributed by atoms with E-state index in [4.69, 9.17) is 5.11 Å². The molecule has 0 amide bonds. The summed E-state index contributed by atoms with van der Waals surface area (Å²) in [5.41, 5.74) is -0.623. The third-order valence-electron chi connectivity index (χ3n) is 4.70. The minimum absolute atomic E-state index is 0.377. The topological polar surface area (TPSA) is 46.5 Å². The highest BCUT2D eigenvalue weighted by Crippen LogP contribution is 2.65. The van der Waals surface area contributed by atoms with Crippen LogP contribution in [0.1, 0.15) is 10.4 Å². The maximum atomic E-state index is 13.8. The highest BCUT2D eigenvalue weighted by molar-refractivity contribution is 5.87. The monoisotopic (exact) mass is 620 g/mol. The van der Waals surface area contributed by atoms with E-state index in [9.17, 15) is 88.2 Å². The molecule has 0 aliphatic heterocycles. The number of carboxylic acid groups (broad SMARTS) is 1. The largest absolute Gasteiger partial charge is 0.487 e. The van der Waals surface area contributed by atoms with Crippen molar-refractivity contribution >= 4 is 5.97 Å². The zero-order valence-corrected chi connectivity index (χ0v) is 17.5. The number of aromatic carboxylic acids is 1. The highest BCUT2D eigenvalue weighted by atomic mass is 19.4. The van der Waals surface area contributed by atoms with E-state index in [1.54, 1.807) is 0 Å². The average Bonchev–Trinajstić information content (AvgIpc) is 2.76. The van der Waals surface area contributed by atoms with Gasteiger partial charge in [-0.05, 0) is 24.3 Å². The molecule has 0 radical (unpaired) electrons. The Morgan fingerprint density at radius 1 is 0.538 bits per heavy atom. The summed E-state index contributed by atoms with van der Waals surface area (Å²) in [4.78, 5) is 10.6. The molecule has 226 valence electrons. The SMILES string of the molecule is O=C(O)c1ccc(OCC(F)(F)C(F)(F)C(F)(F)C(F)(F)C(F)(F)C(F)(F)C(F)(F)C(F)(F)C(F)(F)F)cc1. The van der Waals surface area contributed by atoms with Gasteiger partial charge in [-0.1, -0.05) is 0 Å². The Balaban J connectivity index is 3.50. The van der Waals surface area contributed by atoms with Crippen LogP contribution >= 0.6 is 0 Å². The molecule has 1 aromatic carbocycles. The molecule has 0 heterocycles. The van der Waals surface area contributed by atoms with Crippen molar-refractivity contribution in [2.24, 2.45) is 0 Å². The maximum absolute atomic E-state index is 13.8. The lowest BCUT2D eigenvalue weighted by atomic mass is 9.87. The number of ether oxygens (including phenoxy) is 1. The minimum atomic E-state index is -8.99. The Labute approximate surface area is 201 Å². The molecular formula is C17H7F19O3. The molecule has 0 spiro atoms. The molecule has 0 saturated heterocycles. The van der Waals surface area contributed by atoms with Gasteiger partial charge in [0.05, 0.1) is 5.56 Å². The normalized spacial score (nSPS) is 15.4. The molecule has 0 bridgehead atoms. The quantitative estimate of drug-likeness (QED) is 0.263. The molecular weight excluding hydrogens is 613 g/mol. The van der Waals surface area contributed by atoms with Gasteiger partial charge in [-0.3, -0.25) is 0 Å². The van der Waals surface area contributed by atoms with Crippen molar-refractivity contribution in [3.05, 3.63) is 29.8 Å². The van der Waals surface area contributed by atoms with Crippen LogP contribution in [0, 0.1) is 0 Å². The van der Waals surface area contributed by atoms with E-state index in [-0.39, 0.29) is 0 Å². The predicted octanol–water partition coefficient (Wildman–Crippen LogP) is 7.41. The van der Waals surface area contributed by atoms with Gasteiger partial charge in [0.15, 0.2) is 6.61 Å². The van der Waals surface area contributed by atoms with Gasteiger partial charge in [0.25, 0.3) is 0 Å². The molecule has 22 heteroatoms. The molecule has 0 aliphatic rings. The number of hydrogen-bond acceptors (Lipinski definition) is 2. The lowest BCUT2D eigenvalue weighted by Gasteiger charge is -2.43. The van der Waals surface area contributed by atoms with Crippen LogP contribution in [0.3, 0.4) is 0 Å². The molecule has 0 saturated carbocycles. The van der Waals surface area contributed by atoms with Crippen LogP contribution in [-0.4, -0.2) is 71.2 Å². The van der Waals surface area contributed by atoms with Gasteiger partial charge in [-0.25, -0.2) is 4.79 Å². The summed E-state index contributed by atoms with van der Waals surface area (Å²) in [5.74, 6) is -70.1. The number of carboxylic acids is 1. The van der Waals surface area contributed by atoms with E-state index >= 15 is 0 Å². The average molecular weight is 620 g/mol. The fourth-order valence-electron chi connectivity index (χ4n) is 2.35. The molecule has 0 atom stereocenters. The highest BCUT2D eigenvalue weighted by Gasteiger charge is 2.96. The first kappa shape index (κ1) is 34.2. The first-order valence-electron chi connectivity index (χ1n) is 8.94. The second kappa shape index (κ2) is 9.37. The van der Waals surface area contributed by atoms with E-state index in [2.05, 4.69) is 4.74 Å². The van der Waals surface area contributed by atoms with Crippen LogP contribution < -0.4 is 4.74 Å². The second-order valence-corrected chi connectivity index (χ2v) is 7.34. The fourth-order valence-corrected chi connectivity index (χ4v) is 2.35. The summed E-state index contributed by atoms with van der Waals surface area (Å²) < 4.78 is 255. The first-order chi connectivity index (χ1) is 16.9. The molecule has 1 rings (SSSR count). The maximum Gasteiger partial charge on any atom is 0.460 e. The predicted molar refractivity (Wildman–Crippen MR) is 84.5 cm³/mol. The van der Waals surface area contributed by atoms with Crippen LogP contribution in [0.5, 0.6) is 5.75 Å². The van der Waals surface area contributed by atoms with Gasteiger partial charge in [-0.15, -0.1) is 0 Å². The van der Waals surface area contributed by atoms with Crippen molar-refractivity contribution in [1.29, 1.82) is 0 Å². The molecule has 1 N–H and O–H groups in total. The van der Waals surface area contributed by atoms with Crippen molar-refractivity contribution in [2.45, 2.75) is 53.6 Å². The zero-order valence-electron chi connectivity index (χ0n) is 17.5. The van der Waals surface area contributed by atoms with Crippen molar-refractivity contribution in [2.75, 3.05) is 6.61 Å². The Kier molecular flexibility index (Phi) is 8.22. The van der Waals surface area contributed by atoms with Crippen LogP contribution in [0.15, 0.2) is 24.3 Å². The Bertz CT molecular complexity index is 1040. The van der Waals surface area contributed by atoms with E-state index < -0.39 is 77.4 Å². The number of halogens is 19. The van der Waals surface area contributed by atoms with Crippen molar-refractivity contribution in [3.8, 4) is 5.75 Å². The van der Waals surface area contributed by atoms with Gasteiger partial charge >= 0.3 is 59.5 Å². The summed E-state index contributed by atoms with van der Waals surface area (Å²) in [6.07, 6.45) is -7.94. The lowest BCUT2D eigenvalue weighted by Crippen LogP contribution is -2.76. The van der Waals surface area contributed by atoms with Crippen molar-refractivity contribution < 1.29 is 98.1 Å². The van der Waals surface area contributed by atoms with Gasteiger partial charge in [0.1, 0.15) is 5.75 Å². The fraction of sp³-hybridized carbons (Fsp3) is 0.588. The van der Waals surface area contributed by atoms with Gasteiger partial charge < -0.3 is 9.84 Å². The summed E-state index contributed by atoms with van der Waals surface area (Å²) in [6.45, 7) is -3.21. The molecule has 3 nitrogen and oxygen atoms in total. The number of alkyl halides is 19. The molecule has 39 heavy (non-hydrogen) atoms. The van der Waals surface area contributed by atoms with Crippen LogP contribution in [0.25, 0.3) is 0 Å². The second-order valence-electron chi connectivity index (χ2n) is 7.34. The minimum Gasteiger partial charge on any atom is -0.487 e. The molecule has 0 unspecified atom stereocenters. The van der Waals surface area contributed by atoms with Crippen molar-refractivity contribution in [3.63, 3.8) is 0 Å². The van der Waals surface area contributed by atoms with Crippen LogP contribution in [0.2, 0.25) is 0 Å². The molecule has 0 fully saturated rings. The van der Waals surface area contributed by atoms with Gasteiger partial charge in [0, 0.05) is 0 Å². The van der Waals surface area contributed by atoms with E-state index in [0.717, 1.165) is 0 Å². The van der Waals surface area contributed by atoms with E-state index in [1.807, 2.05) is 0 Å². The smallest absolute Gasteiger partial charge is 0.460 e. The Morgan fingerprint density at radius 2 is 0.846 bits per heavy atom. The van der Waals surface area contributed by atoms with Crippen LogP contribution in [0.4, 0.5) is 83.4 Å². The van der Waals surface area contributed by atoms with Crippen LogP contribution in [-0.2, 0) is 0 Å². The molecule has 1 aromatic rings. The van der Waals surface area contributed by atoms with Gasteiger partial charge in [-0.2, -0.15) is 83.4 Å². The number of hydrogen-bond donors (Lipinski definition) is 1. The summed E-state index contributed by atoms with van der Waals surface area (Å²) >= 11 is 0.